The first-order valence-corrected chi connectivity index (χ1v) is 7.59. The smallest absolute Gasteiger partial charge is 0.276 e. The SMILES string of the molecule is O=C(Nc1nccs1)c1cccc(C2CCCNC2)n1. The molecule has 0 aliphatic carbocycles. The first-order valence-electron chi connectivity index (χ1n) is 6.71. The van der Waals surface area contributed by atoms with E-state index in [4.69, 9.17) is 0 Å². The molecule has 5 nitrogen and oxygen atoms in total. The van der Waals surface area contributed by atoms with E-state index in [1.54, 1.807) is 12.3 Å². The number of piperidine rings is 1. The molecule has 104 valence electrons. The van der Waals surface area contributed by atoms with Gasteiger partial charge in [0.1, 0.15) is 5.69 Å². The van der Waals surface area contributed by atoms with Gasteiger partial charge in [-0.1, -0.05) is 6.07 Å². The molecule has 1 saturated heterocycles. The van der Waals surface area contributed by atoms with Crippen LogP contribution in [0.2, 0.25) is 0 Å². The molecule has 2 N–H and O–H groups in total. The van der Waals surface area contributed by atoms with Crippen molar-refractivity contribution in [3.63, 3.8) is 0 Å². The Morgan fingerprint density at radius 3 is 3.15 bits per heavy atom. The number of hydrogen-bond donors (Lipinski definition) is 2. The van der Waals surface area contributed by atoms with E-state index in [0.29, 0.717) is 16.7 Å². The number of amides is 1. The molecule has 20 heavy (non-hydrogen) atoms. The lowest BCUT2D eigenvalue weighted by Crippen LogP contribution is -2.29. The van der Waals surface area contributed by atoms with E-state index in [9.17, 15) is 4.79 Å². The molecule has 1 unspecified atom stereocenters. The van der Waals surface area contributed by atoms with Crippen LogP contribution in [0, 0.1) is 0 Å². The molecule has 3 heterocycles. The van der Waals surface area contributed by atoms with Gasteiger partial charge in [-0.05, 0) is 31.5 Å². The molecule has 0 aromatic carbocycles. The highest BCUT2D eigenvalue weighted by Crippen LogP contribution is 2.21. The number of rotatable bonds is 3. The Morgan fingerprint density at radius 2 is 2.40 bits per heavy atom. The minimum absolute atomic E-state index is 0.203. The predicted molar refractivity (Wildman–Crippen MR) is 79.1 cm³/mol. The zero-order valence-electron chi connectivity index (χ0n) is 11.0. The minimum atomic E-state index is -0.203. The molecule has 0 radical (unpaired) electrons. The third-order valence-electron chi connectivity index (χ3n) is 3.37. The second-order valence-corrected chi connectivity index (χ2v) is 5.68. The Kier molecular flexibility index (Phi) is 4.03. The number of nitrogens with zero attached hydrogens (tertiary/aromatic N) is 2. The van der Waals surface area contributed by atoms with Crippen molar-refractivity contribution in [1.29, 1.82) is 0 Å². The van der Waals surface area contributed by atoms with Gasteiger partial charge in [0.15, 0.2) is 5.13 Å². The molecule has 2 aromatic rings. The van der Waals surface area contributed by atoms with Crippen LogP contribution < -0.4 is 10.6 Å². The van der Waals surface area contributed by atoms with Crippen LogP contribution in [-0.4, -0.2) is 29.0 Å². The Morgan fingerprint density at radius 1 is 1.45 bits per heavy atom. The summed E-state index contributed by atoms with van der Waals surface area (Å²) in [5.74, 6) is 0.196. The molecular formula is C14H16N4OS. The number of carbonyl (C=O) groups is 1. The number of hydrogen-bond acceptors (Lipinski definition) is 5. The standard InChI is InChI=1S/C14H16N4OS/c19-13(18-14-16-7-8-20-14)12-5-1-4-11(17-12)10-3-2-6-15-9-10/h1,4-5,7-8,10,15H,2-3,6,9H2,(H,16,18,19). The largest absolute Gasteiger partial charge is 0.316 e. The van der Waals surface area contributed by atoms with Crippen molar-refractivity contribution in [3.8, 4) is 0 Å². The number of anilines is 1. The van der Waals surface area contributed by atoms with Gasteiger partial charge in [0, 0.05) is 29.7 Å². The summed E-state index contributed by atoms with van der Waals surface area (Å²) in [7, 11) is 0. The average molecular weight is 288 g/mol. The fourth-order valence-electron chi connectivity index (χ4n) is 2.36. The summed E-state index contributed by atoms with van der Waals surface area (Å²) in [5, 5.41) is 8.55. The van der Waals surface area contributed by atoms with Crippen molar-refractivity contribution in [2.45, 2.75) is 18.8 Å². The fraction of sp³-hybridized carbons (Fsp3) is 0.357. The van der Waals surface area contributed by atoms with Gasteiger partial charge in [-0.15, -0.1) is 11.3 Å². The van der Waals surface area contributed by atoms with Gasteiger partial charge in [-0.2, -0.15) is 0 Å². The van der Waals surface area contributed by atoms with E-state index in [1.807, 2.05) is 17.5 Å². The topological polar surface area (TPSA) is 66.9 Å². The van der Waals surface area contributed by atoms with Crippen molar-refractivity contribution in [2.75, 3.05) is 18.4 Å². The number of thiazole rings is 1. The van der Waals surface area contributed by atoms with Crippen molar-refractivity contribution in [2.24, 2.45) is 0 Å². The highest BCUT2D eigenvalue weighted by atomic mass is 32.1. The maximum Gasteiger partial charge on any atom is 0.276 e. The van der Waals surface area contributed by atoms with Crippen molar-refractivity contribution in [3.05, 3.63) is 41.2 Å². The number of carbonyl (C=O) groups excluding carboxylic acids is 1. The zero-order valence-corrected chi connectivity index (χ0v) is 11.8. The predicted octanol–water partition coefficient (Wildman–Crippen LogP) is 2.26. The summed E-state index contributed by atoms with van der Waals surface area (Å²) in [6.45, 7) is 2.01. The minimum Gasteiger partial charge on any atom is -0.316 e. The molecular weight excluding hydrogens is 272 g/mol. The monoisotopic (exact) mass is 288 g/mol. The van der Waals surface area contributed by atoms with Crippen LogP contribution in [0.5, 0.6) is 0 Å². The van der Waals surface area contributed by atoms with Crippen LogP contribution in [0.3, 0.4) is 0 Å². The van der Waals surface area contributed by atoms with Crippen LogP contribution in [0.25, 0.3) is 0 Å². The highest BCUT2D eigenvalue weighted by Gasteiger charge is 2.18. The van der Waals surface area contributed by atoms with Gasteiger partial charge >= 0.3 is 0 Å². The lowest BCUT2D eigenvalue weighted by Gasteiger charge is -2.22. The van der Waals surface area contributed by atoms with Crippen LogP contribution in [0.1, 0.15) is 34.9 Å². The Balaban J connectivity index is 1.74. The summed E-state index contributed by atoms with van der Waals surface area (Å²) >= 11 is 1.40. The second kappa shape index (κ2) is 6.11. The van der Waals surface area contributed by atoms with Gasteiger partial charge in [-0.3, -0.25) is 10.1 Å². The summed E-state index contributed by atoms with van der Waals surface area (Å²) < 4.78 is 0. The molecule has 1 fully saturated rings. The van der Waals surface area contributed by atoms with Crippen molar-refractivity contribution < 1.29 is 4.79 Å². The Bertz CT molecular complexity index is 579. The lowest BCUT2D eigenvalue weighted by molar-refractivity contribution is 0.102. The summed E-state index contributed by atoms with van der Waals surface area (Å²) in [5.41, 5.74) is 1.44. The lowest BCUT2D eigenvalue weighted by atomic mass is 9.95. The molecule has 0 spiro atoms. The van der Waals surface area contributed by atoms with Crippen LogP contribution in [-0.2, 0) is 0 Å². The molecule has 1 aliphatic heterocycles. The first-order chi connectivity index (χ1) is 9.83. The van der Waals surface area contributed by atoms with E-state index in [0.717, 1.165) is 31.6 Å². The number of nitrogens with one attached hydrogen (secondary N) is 2. The maximum absolute atomic E-state index is 12.1. The summed E-state index contributed by atoms with van der Waals surface area (Å²) in [4.78, 5) is 20.7. The maximum atomic E-state index is 12.1. The normalized spacial score (nSPS) is 18.7. The van der Waals surface area contributed by atoms with E-state index in [-0.39, 0.29) is 5.91 Å². The van der Waals surface area contributed by atoms with Crippen molar-refractivity contribution >= 4 is 22.4 Å². The molecule has 1 aliphatic rings. The van der Waals surface area contributed by atoms with Gasteiger partial charge in [-0.25, -0.2) is 9.97 Å². The van der Waals surface area contributed by atoms with E-state index >= 15 is 0 Å². The molecule has 1 amide bonds. The van der Waals surface area contributed by atoms with Crippen LogP contribution >= 0.6 is 11.3 Å². The quantitative estimate of drug-likeness (QED) is 0.909. The molecule has 3 rings (SSSR count). The number of pyridine rings is 1. The molecule has 2 aromatic heterocycles. The van der Waals surface area contributed by atoms with Crippen LogP contribution in [0.15, 0.2) is 29.8 Å². The molecule has 1 atom stereocenters. The van der Waals surface area contributed by atoms with Crippen LogP contribution in [0.4, 0.5) is 5.13 Å². The molecule has 0 saturated carbocycles. The highest BCUT2D eigenvalue weighted by molar-refractivity contribution is 7.13. The third kappa shape index (κ3) is 3.02. The first kappa shape index (κ1) is 13.2. The average Bonchev–Trinajstić information content (AvgIpc) is 3.01. The fourth-order valence-corrected chi connectivity index (χ4v) is 2.88. The van der Waals surface area contributed by atoms with E-state index < -0.39 is 0 Å². The summed E-state index contributed by atoms with van der Waals surface area (Å²) in [6.07, 6.45) is 3.94. The number of aromatic nitrogens is 2. The van der Waals surface area contributed by atoms with Gasteiger partial charge in [0.25, 0.3) is 5.91 Å². The molecule has 0 bridgehead atoms. The van der Waals surface area contributed by atoms with Gasteiger partial charge in [0.2, 0.25) is 0 Å². The Labute approximate surface area is 121 Å². The third-order valence-corrected chi connectivity index (χ3v) is 4.06. The van der Waals surface area contributed by atoms with E-state index in [1.165, 1.54) is 11.3 Å². The van der Waals surface area contributed by atoms with Gasteiger partial charge in [0.05, 0.1) is 0 Å². The Hall–Kier alpha value is -1.79. The second-order valence-electron chi connectivity index (χ2n) is 4.78. The summed E-state index contributed by atoms with van der Waals surface area (Å²) in [6, 6.07) is 5.63. The van der Waals surface area contributed by atoms with E-state index in [2.05, 4.69) is 20.6 Å². The van der Waals surface area contributed by atoms with Gasteiger partial charge < -0.3 is 5.32 Å². The van der Waals surface area contributed by atoms with Crippen molar-refractivity contribution in [1.82, 2.24) is 15.3 Å². The molecule has 6 heteroatoms. The zero-order chi connectivity index (χ0) is 13.8.